The third kappa shape index (κ3) is 3.33. The molecule has 0 saturated heterocycles. The molecule has 10 heteroatoms. The Bertz CT molecular complexity index is 1160. The molecule has 0 aliphatic carbocycles. The number of rotatable bonds is 5. The minimum atomic E-state index is -3.87. The molecule has 0 atom stereocenters. The van der Waals surface area contributed by atoms with Crippen molar-refractivity contribution < 1.29 is 27.4 Å². The maximum absolute atomic E-state index is 12.8. The number of sulfonamides is 1. The molecule has 1 aliphatic heterocycles. The molecule has 1 aromatic carbocycles. The van der Waals surface area contributed by atoms with Gasteiger partial charge in [-0.1, -0.05) is 0 Å². The summed E-state index contributed by atoms with van der Waals surface area (Å²) < 4.78 is 45.3. The van der Waals surface area contributed by atoms with E-state index in [0.29, 0.717) is 30.2 Å². The number of nitrogens with one attached hydrogen (secondary N) is 1. The van der Waals surface area contributed by atoms with Crippen molar-refractivity contribution in [3.8, 4) is 11.5 Å². The van der Waals surface area contributed by atoms with E-state index in [2.05, 4.69) is 9.82 Å². The lowest BCUT2D eigenvalue weighted by atomic mass is 10.2. The van der Waals surface area contributed by atoms with Crippen LogP contribution in [0.2, 0.25) is 0 Å². The van der Waals surface area contributed by atoms with E-state index in [9.17, 15) is 13.2 Å². The predicted molar refractivity (Wildman–Crippen MR) is 99.4 cm³/mol. The summed E-state index contributed by atoms with van der Waals surface area (Å²) in [5.74, 6) is 0.360. The van der Waals surface area contributed by atoms with Gasteiger partial charge in [0.2, 0.25) is 0 Å². The average molecular weight is 403 g/mol. The Hall–Kier alpha value is -3.27. The van der Waals surface area contributed by atoms with E-state index in [1.54, 1.807) is 25.3 Å². The fourth-order valence-electron chi connectivity index (χ4n) is 2.82. The van der Waals surface area contributed by atoms with Crippen LogP contribution in [0.1, 0.15) is 17.3 Å². The van der Waals surface area contributed by atoms with E-state index in [-0.39, 0.29) is 22.8 Å². The SMILES string of the molecule is CCOC(=O)c1cnn2ccc(NS(=O)(=O)c3ccc4c(c3)OCCO4)cc12. The molecule has 0 spiro atoms. The van der Waals surface area contributed by atoms with Gasteiger partial charge >= 0.3 is 5.97 Å². The molecule has 3 heterocycles. The van der Waals surface area contributed by atoms with Gasteiger partial charge in [0, 0.05) is 12.3 Å². The Morgan fingerprint density at radius 3 is 2.79 bits per heavy atom. The Labute approximate surface area is 160 Å². The molecule has 1 aliphatic rings. The van der Waals surface area contributed by atoms with Gasteiger partial charge in [-0.2, -0.15) is 5.10 Å². The second-order valence-corrected chi connectivity index (χ2v) is 7.62. The Morgan fingerprint density at radius 1 is 1.21 bits per heavy atom. The molecule has 0 radical (unpaired) electrons. The highest BCUT2D eigenvalue weighted by atomic mass is 32.2. The average Bonchev–Trinajstić information content (AvgIpc) is 3.11. The van der Waals surface area contributed by atoms with Gasteiger partial charge in [0.25, 0.3) is 10.0 Å². The van der Waals surface area contributed by atoms with Crippen LogP contribution in [0.15, 0.2) is 47.6 Å². The molecular formula is C18H17N3O6S. The number of anilines is 1. The molecule has 0 fully saturated rings. The smallest absolute Gasteiger partial charge is 0.341 e. The lowest BCUT2D eigenvalue weighted by molar-refractivity contribution is 0.0528. The first-order valence-electron chi connectivity index (χ1n) is 8.55. The lowest BCUT2D eigenvalue weighted by Gasteiger charge is -2.19. The summed E-state index contributed by atoms with van der Waals surface area (Å²) in [6.45, 7) is 2.72. The van der Waals surface area contributed by atoms with Gasteiger partial charge in [0.05, 0.1) is 28.9 Å². The molecule has 2 aromatic heterocycles. The molecule has 28 heavy (non-hydrogen) atoms. The van der Waals surface area contributed by atoms with Crippen LogP contribution in [0.4, 0.5) is 5.69 Å². The zero-order valence-electron chi connectivity index (χ0n) is 14.9. The Kier molecular flexibility index (Phi) is 4.55. The first-order chi connectivity index (χ1) is 13.5. The summed E-state index contributed by atoms with van der Waals surface area (Å²) >= 11 is 0. The second-order valence-electron chi connectivity index (χ2n) is 5.93. The quantitative estimate of drug-likeness (QED) is 0.650. The van der Waals surface area contributed by atoms with Crippen LogP contribution in [-0.2, 0) is 14.8 Å². The predicted octanol–water partition coefficient (Wildman–Crippen LogP) is 2.08. The normalized spacial score (nSPS) is 13.3. The minimum Gasteiger partial charge on any atom is -0.486 e. The summed E-state index contributed by atoms with van der Waals surface area (Å²) in [6.07, 6.45) is 2.94. The first kappa shape index (κ1) is 18.1. The molecule has 3 aromatic rings. The number of carbonyl (C=O) groups is 1. The molecule has 1 N–H and O–H groups in total. The van der Waals surface area contributed by atoms with Gasteiger partial charge in [0.1, 0.15) is 18.8 Å². The zero-order chi connectivity index (χ0) is 19.7. The second kappa shape index (κ2) is 7.04. The summed E-state index contributed by atoms with van der Waals surface area (Å²) in [4.78, 5) is 12.1. The van der Waals surface area contributed by atoms with Crippen LogP contribution < -0.4 is 14.2 Å². The van der Waals surface area contributed by atoms with Crippen LogP contribution >= 0.6 is 0 Å². The maximum atomic E-state index is 12.8. The van der Waals surface area contributed by atoms with Crippen LogP contribution in [0, 0.1) is 0 Å². The van der Waals surface area contributed by atoms with Crippen LogP contribution in [-0.4, -0.2) is 43.8 Å². The number of nitrogens with zero attached hydrogens (tertiary/aromatic N) is 2. The van der Waals surface area contributed by atoms with Crippen LogP contribution in [0.25, 0.3) is 5.52 Å². The van der Waals surface area contributed by atoms with Gasteiger partial charge in [-0.25, -0.2) is 17.7 Å². The van der Waals surface area contributed by atoms with Crippen molar-refractivity contribution in [2.24, 2.45) is 0 Å². The molecule has 4 rings (SSSR count). The Balaban J connectivity index is 1.65. The van der Waals surface area contributed by atoms with Crippen molar-refractivity contribution in [3.63, 3.8) is 0 Å². The monoisotopic (exact) mass is 403 g/mol. The van der Waals surface area contributed by atoms with Crippen LogP contribution in [0.3, 0.4) is 0 Å². The van der Waals surface area contributed by atoms with E-state index in [0.717, 1.165) is 0 Å². The number of ether oxygens (including phenoxy) is 3. The fraction of sp³-hybridized carbons (Fsp3) is 0.222. The number of hydrogen-bond donors (Lipinski definition) is 1. The summed E-state index contributed by atoms with van der Waals surface area (Å²) in [5.41, 5.74) is 0.969. The van der Waals surface area contributed by atoms with Gasteiger partial charge in [-0.3, -0.25) is 4.72 Å². The highest BCUT2D eigenvalue weighted by molar-refractivity contribution is 7.92. The van der Waals surface area contributed by atoms with Gasteiger partial charge in [0.15, 0.2) is 11.5 Å². The van der Waals surface area contributed by atoms with E-state index in [1.165, 1.54) is 28.9 Å². The number of carbonyl (C=O) groups excluding carboxylic acids is 1. The van der Waals surface area contributed by atoms with Crippen molar-refractivity contribution in [2.45, 2.75) is 11.8 Å². The summed E-state index contributed by atoms with van der Waals surface area (Å²) in [6, 6.07) is 7.48. The third-order valence-corrected chi connectivity index (χ3v) is 5.47. The van der Waals surface area contributed by atoms with Gasteiger partial charge in [-0.15, -0.1) is 0 Å². The summed E-state index contributed by atoms with van der Waals surface area (Å²) in [5, 5.41) is 4.07. The molecule has 9 nitrogen and oxygen atoms in total. The van der Waals surface area contributed by atoms with E-state index < -0.39 is 16.0 Å². The van der Waals surface area contributed by atoms with E-state index in [1.807, 2.05) is 0 Å². The summed E-state index contributed by atoms with van der Waals surface area (Å²) in [7, 11) is -3.87. The molecular weight excluding hydrogens is 386 g/mol. The highest BCUT2D eigenvalue weighted by Crippen LogP contribution is 2.32. The molecule has 0 amide bonds. The van der Waals surface area contributed by atoms with Crippen molar-refractivity contribution >= 4 is 27.2 Å². The van der Waals surface area contributed by atoms with E-state index in [4.69, 9.17) is 14.2 Å². The topological polar surface area (TPSA) is 108 Å². The van der Waals surface area contributed by atoms with Gasteiger partial charge < -0.3 is 14.2 Å². The number of aromatic nitrogens is 2. The first-order valence-corrected chi connectivity index (χ1v) is 10.0. The zero-order valence-corrected chi connectivity index (χ0v) is 15.7. The number of hydrogen-bond acceptors (Lipinski definition) is 7. The maximum Gasteiger partial charge on any atom is 0.341 e. The molecule has 0 saturated carbocycles. The number of esters is 1. The number of fused-ring (bicyclic) bond motifs is 2. The molecule has 0 bridgehead atoms. The minimum absolute atomic E-state index is 0.0377. The van der Waals surface area contributed by atoms with E-state index >= 15 is 0 Å². The highest BCUT2D eigenvalue weighted by Gasteiger charge is 2.20. The third-order valence-electron chi connectivity index (χ3n) is 4.09. The van der Waals surface area contributed by atoms with Crippen LogP contribution in [0.5, 0.6) is 11.5 Å². The molecule has 146 valence electrons. The standard InChI is InChI=1S/C18H17N3O6S/c1-2-25-18(22)14-11-19-21-6-5-12(9-15(14)21)20-28(23,24)13-3-4-16-17(10-13)27-8-7-26-16/h3-6,9-11,20H,2,7-8H2,1H3. The van der Waals surface area contributed by atoms with Crippen molar-refractivity contribution in [3.05, 3.63) is 48.3 Å². The largest absolute Gasteiger partial charge is 0.486 e. The number of benzene rings is 1. The Morgan fingerprint density at radius 2 is 2.00 bits per heavy atom. The van der Waals surface area contributed by atoms with Crippen molar-refractivity contribution in [1.29, 1.82) is 0 Å². The van der Waals surface area contributed by atoms with Crippen molar-refractivity contribution in [1.82, 2.24) is 9.61 Å². The fourth-order valence-corrected chi connectivity index (χ4v) is 3.88. The lowest BCUT2D eigenvalue weighted by Crippen LogP contribution is -2.17. The van der Waals surface area contributed by atoms with Crippen molar-refractivity contribution in [2.75, 3.05) is 24.5 Å². The molecule has 0 unspecified atom stereocenters. The number of pyridine rings is 1. The van der Waals surface area contributed by atoms with Gasteiger partial charge in [-0.05, 0) is 31.2 Å².